The van der Waals surface area contributed by atoms with Crippen molar-refractivity contribution in [1.82, 2.24) is 14.5 Å². The molecular formula is C40H51FI2N4O9. The number of fused-ring (bicyclic) bond motifs is 1. The van der Waals surface area contributed by atoms with Crippen LogP contribution in [0.25, 0.3) is 11.0 Å². The number of nitrogens with one attached hydrogen (secondary N) is 1. The lowest BCUT2D eigenvalue weighted by atomic mass is 9.98. The number of likely N-dealkylation sites (N-methyl/N-ethyl adjacent to an activating group) is 1. The molecule has 4 atom stereocenters. The second-order valence-electron chi connectivity index (χ2n) is 13.3. The van der Waals surface area contributed by atoms with Crippen molar-refractivity contribution in [2.24, 2.45) is 0 Å². The van der Waals surface area contributed by atoms with Gasteiger partial charge in [0.25, 0.3) is 0 Å². The molecule has 3 heterocycles. The minimum Gasteiger partial charge on any atom is -0.490 e. The maximum atomic E-state index is 14.1. The molecule has 16 heteroatoms. The van der Waals surface area contributed by atoms with Crippen LogP contribution >= 0.6 is 45.2 Å². The first-order chi connectivity index (χ1) is 26.8. The van der Waals surface area contributed by atoms with Gasteiger partial charge in [0.15, 0.2) is 23.6 Å². The third-order valence-electron chi connectivity index (χ3n) is 9.32. The van der Waals surface area contributed by atoms with E-state index in [2.05, 4.69) is 81.2 Å². The Morgan fingerprint density at radius 3 is 2.30 bits per heavy atom. The third-order valence-corrected chi connectivity index (χ3v) is 10.9. The summed E-state index contributed by atoms with van der Waals surface area (Å²) in [6.45, 7) is 13.7. The second kappa shape index (κ2) is 22.1. The average molecular weight is 1000 g/mol. The van der Waals surface area contributed by atoms with Gasteiger partial charge < -0.3 is 33.7 Å². The van der Waals surface area contributed by atoms with Crippen molar-refractivity contribution in [3.8, 4) is 5.75 Å². The van der Waals surface area contributed by atoms with Gasteiger partial charge in [0, 0.05) is 23.9 Å². The highest BCUT2D eigenvalue weighted by atomic mass is 127. The Labute approximate surface area is 353 Å². The summed E-state index contributed by atoms with van der Waals surface area (Å²) < 4.78 is 39.0. The van der Waals surface area contributed by atoms with Crippen LogP contribution in [0.2, 0.25) is 0 Å². The van der Waals surface area contributed by atoms with E-state index in [1.807, 2.05) is 43.3 Å². The summed E-state index contributed by atoms with van der Waals surface area (Å²) in [6, 6.07) is 11.7. The number of hydrogen-bond acceptors (Lipinski definition) is 11. The highest BCUT2D eigenvalue weighted by molar-refractivity contribution is 14.1. The smallest absolute Gasteiger partial charge is 0.412 e. The van der Waals surface area contributed by atoms with Crippen LogP contribution in [-0.4, -0.2) is 87.7 Å². The van der Waals surface area contributed by atoms with Gasteiger partial charge in [0.1, 0.15) is 35.9 Å². The molecule has 1 aliphatic heterocycles. The van der Waals surface area contributed by atoms with E-state index < -0.39 is 48.0 Å². The van der Waals surface area contributed by atoms with E-state index in [0.29, 0.717) is 24.2 Å². The minimum absolute atomic E-state index is 0.0153. The lowest BCUT2D eigenvalue weighted by Crippen LogP contribution is -2.36. The fourth-order valence-corrected chi connectivity index (χ4v) is 8.15. The van der Waals surface area contributed by atoms with Crippen molar-refractivity contribution in [2.75, 3.05) is 38.2 Å². The maximum absolute atomic E-state index is 14.1. The van der Waals surface area contributed by atoms with E-state index >= 15 is 0 Å². The van der Waals surface area contributed by atoms with Crippen LogP contribution in [0, 0.1) is 13.0 Å². The summed E-state index contributed by atoms with van der Waals surface area (Å²) in [5.74, 6) is 0.0742. The van der Waals surface area contributed by atoms with E-state index in [1.54, 1.807) is 0 Å². The molecule has 306 valence electrons. The second-order valence-corrected chi connectivity index (χ2v) is 15.6. The van der Waals surface area contributed by atoms with Crippen LogP contribution in [0.5, 0.6) is 5.75 Å². The number of carbonyl (C=O) groups excluding carboxylic acids is 2. The van der Waals surface area contributed by atoms with E-state index in [1.165, 1.54) is 6.92 Å². The summed E-state index contributed by atoms with van der Waals surface area (Å²) in [6.07, 6.45) is 0.570. The van der Waals surface area contributed by atoms with E-state index in [4.69, 9.17) is 18.6 Å². The van der Waals surface area contributed by atoms with Gasteiger partial charge in [-0.2, -0.15) is 4.98 Å². The number of furan rings is 1. The monoisotopic (exact) mass is 1000 g/mol. The topological polar surface area (TPSA) is 166 Å². The number of aliphatic hydroxyl groups excluding tert-OH is 2. The number of ketones is 1. The average Bonchev–Trinajstić information content (AvgIpc) is 3.68. The number of unbranched alkanes of at least 4 members (excludes halogenated alkanes) is 3. The van der Waals surface area contributed by atoms with Crippen molar-refractivity contribution in [3.05, 3.63) is 82.9 Å². The standard InChI is InChI=1S/C25H29I2NO3.C15H22FN3O6/c1-4-7-11-22-23(18-10-8-9-12-21(18)31-22)24(29)17-15-19(26)25(20(27)16-17)30-14-13-28(5-2)6-3;1-3-4-5-6-24-15(23)18-12-9(16)7-19(14(22)17-12)13-11(21)10(20)8(2)25-13/h8-10,12,15-16H,4-7,11,13-14H2,1-3H3;7-8,10-11,13,20-21H,3-6H2,1-2H3,(H,17,18,22,23)/t;8-,10-,11-,13-/m.1/s1. The zero-order valence-corrected chi connectivity index (χ0v) is 36.7. The van der Waals surface area contributed by atoms with Crippen molar-refractivity contribution in [1.29, 1.82) is 0 Å². The lowest BCUT2D eigenvalue weighted by molar-refractivity contribution is -0.0355. The summed E-state index contributed by atoms with van der Waals surface area (Å²) >= 11 is 4.54. The summed E-state index contributed by atoms with van der Waals surface area (Å²) in [4.78, 5) is 43.0. The Bertz CT molecular complexity index is 1960. The molecule has 4 aromatic rings. The molecule has 0 aliphatic carbocycles. The molecule has 0 spiro atoms. The minimum atomic E-state index is -1.41. The Hall–Kier alpha value is -3.17. The number of amides is 1. The van der Waals surface area contributed by atoms with Crippen molar-refractivity contribution >= 4 is 73.8 Å². The van der Waals surface area contributed by atoms with Gasteiger partial charge in [-0.1, -0.05) is 65.2 Å². The number of benzene rings is 2. The molecule has 1 aliphatic rings. The highest BCUT2D eigenvalue weighted by Gasteiger charge is 2.42. The number of ether oxygens (including phenoxy) is 3. The van der Waals surface area contributed by atoms with Crippen molar-refractivity contribution < 1.29 is 42.8 Å². The number of halogens is 3. The third kappa shape index (κ3) is 11.7. The van der Waals surface area contributed by atoms with Crippen LogP contribution in [0.1, 0.15) is 94.6 Å². The normalized spacial score (nSPS) is 17.8. The molecule has 0 saturated carbocycles. The van der Waals surface area contributed by atoms with Crippen LogP contribution in [0.3, 0.4) is 0 Å². The van der Waals surface area contributed by atoms with Gasteiger partial charge in [0.2, 0.25) is 0 Å². The zero-order chi connectivity index (χ0) is 40.9. The molecule has 0 radical (unpaired) electrons. The van der Waals surface area contributed by atoms with Crippen LogP contribution in [-0.2, 0) is 15.9 Å². The van der Waals surface area contributed by atoms with Gasteiger partial charge in [0.05, 0.1) is 31.6 Å². The predicted octanol–water partition coefficient (Wildman–Crippen LogP) is 7.70. The van der Waals surface area contributed by atoms with E-state index in [0.717, 1.165) is 92.1 Å². The first-order valence-electron chi connectivity index (χ1n) is 19.0. The predicted molar refractivity (Wildman–Crippen MR) is 228 cm³/mol. The van der Waals surface area contributed by atoms with Crippen molar-refractivity contribution in [2.45, 2.75) is 97.7 Å². The van der Waals surface area contributed by atoms with Gasteiger partial charge in [-0.05, 0) is 96.2 Å². The number of anilines is 1. The first kappa shape index (κ1) is 45.5. The number of aryl methyl sites for hydroxylation is 1. The quantitative estimate of drug-likeness (QED) is 0.0540. The highest BCUT2D eigenvalue weighted by Crippen LogP contribution is 2.34. The first-order valence-corrected chi connectivity index (χ1v) is 21.1. The summed E-state index contributed by atoms with van der Waals surface area (Å²) in [5.41, 5.74) is 1.20. The van der Waals surface area contributed by atoms with E-state index in [-0.39, 0.29) is 12.4 Å². The molecule has 1 fully saturated rings. The molecular weight excluding hydrogens is 953 g/mol. The summed E-state index contributed by atoms with van der Waals surface area (Å²) in [5, 5.41) is 22.5. The number of carbonyl (C=O) groups is 2. The molecule has 13 nitrogen and oxygen atoms in total. The molecule has 0 unspecified atom stereocenters. The Kier molecular flexibility index (Phi) is 18.0. The number of aliphatic hydroxyl groups is 2. The largest absolute Gasteiger partial charge is 0.490 e. The van der Waals surface area contributed by atoms with Crippen LogP contribution in [0.15, 0.2) is 51.8 Å². The maximum Gasteiger partial charge on any atom is 0.412 e. The van der Waals surface area contributed by atoms with E-state index in [9.17, 15) is 29.0 Å². The SMILES string of the molecule is CCCCCOC(=O)Nc1nc(=O)n([C@@H]2O[C@H](C)[C@@H](O)[C@H]2O)cc1F.CCCCc1oc2ccccc2c1C(=O)c1cc(I)c(OCCN(CC)CC)c(I)c1. The van der Waals surface area contributed by atoms with Gasteiger partial charge in [-0.15, -0.1) is 0 Å². The van der Waals surface area contributed by atoms with Gasteiger partial charge >= 0.3 is 11.8 Å². The Morgan fingerprint density at radius 2 is 1.68 bits per heavy atom. The molecule has 2 aromatic heterocycles. The van der Waals surface area contributed by atoms with Gasteiger partial charge in [-0.25, -0.2) is 14.0 Å². The van der Waals surface area contributed by atoms with Crippen LogP contribution in [0.4, 0.5) is 15.0 Å². The van der Waals surface area contributed by atoms with Crippen molar-refractivity contribution in [3.63, 3.8) is 0 Å². The number of hydrogen-bond donors (Lipinski definition) is 3. The fraction of sp³-hybridized carbons (Fsp3) is 0.500. The van der Waals surface area contributed by atoms with Crippen LogP contribution < -0.4 is 15.7 Å². The Morgan fingerprint density at radius 1 is 1.00 bits per heavy atom. The molecule has 3 N–H and O–H groups in total. The molecule has 1 amide bonds. The number of nitrogens with zero attached hydrogens (tertiary/aromatic N) is 3. The van der Waals surface area contributed by atoms with Gasteiger partial charge in [-0.3, -0.25) is 14.7 Å². The molecule has 5 rings (SSSR count). The molecule has 1 saturated heterocycles. The molecule has 0 bridgehead atoms. The summed E-state index contributed by atoms with van der Waals surface area (Å²) in [7, 11) is 0. The number of para-hydroxylation sites is 1. The fourth-order valence-electron chi connectivity index (χ4n) is 6.07. The molecule has 56 heavy (non-hydrogen) atoms. The zero-order valence-electron chi connectivity index (χ0n) is 32.4. The molecule has 2 aromatic carbocycles. The number of aromatic nitrogens is 2. The Balaban J connectivity index is 0.000000255. The lowest BCUT2D eigenvalue weighted by Gasteiger charge is -2.19. The number of rotatable bonds is 17.